The summed E-state index contributed by atoms with van der Waals surface area (Å²) in [6.07, 6.45) is 9.64. The van der Waals surface area contributed by atoms with Gasteiger partial charge in [-0.1, -0.05) is 43.4 Å². The monoisotopic (exact) mass is 524 g/mol. The van der Waals surface area contributed by atoms with E-state index in [0.29, 0.717) is 18.8 Å². The van der Waals surface area contributed by atoms with Gasteiger partial charge < -0.3 is 14.6 Å². The van der Waals surface area contributed by atoms with Gasteiger partial charge in [0, 0.05) is 16.9 Å². The number of rotatable bonds is 9. The lowest BCUT2D eigenvalue weighted by Gasteiger charge is -2.37. The van der Waals surface area contributed by atoms with Gasteiger partial charge in [-0.3, -0.25) is 0 Å². The van der Waals surface area contributed by atoms with Crippen molar-refractivity contribution in [2.24, 2.45) is 0 Å². The largest absolute Gasteiger partial charge is 0.382 e. The van der Waals surface area contributed by atoms with Crippen LogP contribution in [0.25, 0.3) is 6.08 Å². The van der Waals surface area contributed by atoms with Crippen molar-refractivity contribution < 1.29 is 23.4 Å². The van der Waals surface area contributed by atoms with Gasteiger partial charge in [0.05, 0.1) is 36.6 Å². The van der Waals surface area contributed by atoms with Crippen LogP contribution in [0.5, 0.6) is 0 Å². The van der Waals surface area contributed by atoms with E-state index in [1.807, 2.05) is 30.4 Å². The van der Waals surface area contributed by atoms with Crippen molar-refractivity contribution in [3.8, 4) is 6.07 Å². The number of hydrogen-bond donors (Lipinski definition) is 1. The van der Waals surface area contributed by atoms with Crippen LogP contribution in [0.2, 0.25) is 0 Å². The standard InChI is InChI=1S/C27H26F2N4O3S/c1-19(27(34,16-33-18-31-17-32-33)24-11-10-22(28)12-25(24)29)37-23-14-35-26(36-15-23)5-3-2-4-20-6-8-21(13-30)9-7-20/h2-12,17-19,23,26,34H,14-16H2,1H3/b4-2+,5-3+/t19-,23?,26?,27-/m1/s1. The fraction of sp³-hybridized carbons (Fsp3) is 0.296. The first-order valence-electron chi connectivity index (χ1n) is 11.6. The minimum absolute atomic E-state index is 0.0168. The van der Waals surface area contributed by atoms with E-state index in [2.05, 4.69) is 16.2 Å². The number of ether oxygens (including phenoxy) is 2. The smallest absolute Gasteiger partial charge is 0.177 e. The van der Waals surface area contributed by atoms with E-state index in [4.69, 9.17) is 14.7 Å². The van der Waals surface area contributed by atoms with Crippen LogP contribution in [-0.4, -0.2) is 49.9 Å². The predicted octanol–water partition coefficient (Wildman–Crippen LogP) is 4.45. The highest BCUT2D eigenvalue weighted by atomic mass is 32.2. The molecule has 0 unspecified atom stereocenters. The number of hydrogen-bond acceptors (Lipinski definition) is 7. The van der Waals surface area contributed by atoms with E-state index in [1.54, 1.807) is 25.1 Å². The Labute approximate surface area is 218 Å². The summed E-state index contributed by atoms with van der Waals surface area (Å²) in [6, 6.07) is 12.5. The molecule has 1 saturated heterocycles. The number of benzene rings is 2. The van der Waals surface area contributed by atoms with Crippen LogP contribution in [0.15, 0.2) is 73.3 Å². The summed E-state index contributed by atoms with van der Waals surface area (Å²) in [5.74, 6) is -1.55. The topological polar surface area (TPSA) is 93.2 Å². The number of thioether (sulfide) groups is 1. The molecule has 1 aromatic heterocycles. The number of allylic oxidation sites excluding steroid dienone is 2. The van der Waals surface area contributed by atoms with E-state index in [-0.39, 0.29) is 17.4 Å². The molecule has 37 heavy (non-hydrogen) atoms. The molecule has 0 saturated carbocycles. The second-order valence-corrected chi connectivity index (χ2v) is 10.2. The van der Waals surface area contributed by atoms with Gasteiger partial charge in [0.2, 0.25) is 0 Å². The van der Waals surface area contributed by atoms with Gasteiger partial charge in [-0.2, -0.15) is 10.4 Å². The lowest BCUT2D eigenvalue weighted by molar-refractivity contribution is -0.146. The van der Waals surface area contributed by atoms with Crippen molar-refractivity contribution >= 4 is 17.8 Å². The van der Waals surface area contributed by atoms with Crippen molar-refractivity contribution in [1.29, 1.82) is 5.26 Å². The van der Waals surface area contributed by atoms with E-state index < -0.39 is 28.8 Å². The Morgan fingerprint density at radius 3 is 2.62 bits per heavy atom. The van der Waals surface area contributed by atoms with Crippen molar-refractivity contribution in [2.45, 2.75) is 35.9 Å². The lowest BCUT2D eigenvalue weighted by Crippen LogP contribution is -2.43. The molecule has 1 N–H and O–H groups in total. The quantitative estimate of drug-likeness (QED) is 0.414. The van der Waals surface area contributed by atoms with Crippen LogP contribution in [0.3, 0.4) is 0 Å². The molecular weight excluding hydrogens is 498 g/mol. The fourth-order valence-electron chi connectivity index (χ4n) is 3.92. The number of nitriles is 1. The summed E-state index contributed by atoms with van der Waals surface area (Å²) >= 11 is 1.40. The molecule has 3 aromatic rings. The first-order valence-corrected chi connectivity index (χ1v) is 12.6. The van der Waals surface area contributed by atoms with Gasteiger partial charge in [0.15, 0.2) is 6.29 Å². The van der Waals surface area contributed by atoms with Gasteiger partial charge in [-0.25, -0.2) is 18.4 Å². The molecule has 2 heterocycles. The summed E-state index contributed by atoms with van der Waals surface area (Å²) in [6.45, 7) is 2.46. The average Bonchev–Trinajstić information content (AvgIpc) is 3.40. The van der Waals surface area contributed by atoms with E-state index in [9.17, 15) is 13.9 Å². The van der Waals surface area contributed by atoms with Crippen molar-refractivity contribution in [2.75, 3.05) is 13.2 Å². The summed E-state index contributed by atoms with van der Waals surface area (Å²) in [4.78, 5) is 3.89. The first-order chi connectivity index (χ1) is 17.9. The normalized spacial score (nSPS) is 20.6. The van der Waals surface area contributed by atoms with Gasteiger partial charge in [-0.15, -0.1) is 11.8 Å². The molecule has 0 spiro atoms. The van der Waals surface area contributed by atoms with Crippen molar-refractivity contribution in [1.82, 2.24) is 14.8 Å². The highest BCUT2D eigenvalue weighted by molar-refractivity contribution is 8.00. The van der Waals surface area contributed by atoms with Crippen LogP contribution in [-0.2, 0) is 21.6 Å². The molecule has 0 aliphatic carbocycles. The number of nitrogens with zero attached hydrogens (tertiary/aromatic N) is 4. The minimum atomic E-state index is -1.69. The maximum Gasteiger partial charge on any atom is 0.177 e. The van der Waals surface area contributed by atoms with E-state index in [0.717, 1.165) is 17.7 Å². The zero-order valence-electron chi connectivity index (χ0n) is 20.1. The Hall–Kier alpha value is -3.36. The Balaban J connectivity index is 1.35. The van der Waals surface area contributed by atoms with Crippen molar-refractivity contribution in [3.63, 3.8) is 0 Å². The summed E-state index contributed by atoms with van der Waals surface area (Å²) in [5, 5.41) is 23.9. The molecule has 2 aromatic carbocycles. The highest BCUT2D eigenvalue weighted by Gasteiger charge is 2.41. The van der Waals surface area contributed by atoms with Gasteiger partial charge in [-0.05, 0) is 29.8 Å². The van der Waals surface area contributed by atoms with Crippen molar-refractivity contribution in [3.05, 3.63) is 102 Å². The molecule has 0 bridgehead atoms. The van der Waals surface area contributed by atoms with Crippen LogP contribution < -0.4 is 0 Å². The highest BCUT2D eigenvalue weighted by Crippen LogP contribution is 2.38. The zero-order valence-corrected chi connectivity index (χ0v) is 20.9. The molecular formula is C27H26F2N4O3S. The summed E-state index contributed by atoms with van der Waals surface area (Å²) in [7, 11) is 0. The molecule has 1 fully saturated rings. The third-order valence-corrected chi connectivity index (χ3v) is 7.39. The third-order valence-electron chi connectivity index (χ3n) is 5.94. The lowest BCUT2D eigenvalue weighted by atomic mass is 9.90. The van der Waals surface area contributed by atoms with Gasteiger partial charge in [0.25, 0.3) is 0 Å². The number of halogens is 2. The second kappa shape index (κ2) is 12.3. The van der Waals surface area contributed by atoms with Crippen LogP contribution in [0, 0.1) is 23.0 Å². The molecule has 1 aliphatic heterocycles. The zero-order chi connectivity index (χ0) is 26.3. The Morgan fingerprint density at radius 1 is 1.22 bits per heavy atom. The molecule has 192 valence electrons. The second-order valence-electron chi connectivity index (χ2n) is 8.55. The van der Waals surface area contributed by atoms with Gasteiger partial charge >= 0.3 is 0 Å². The maximum absolute atomic E-state index is 14.7. The molecule has 4 rings (SSSR count). The third kappa shape index (κ3) is 6.90. The minimum Gasteiger partial charge on any atom is -0.382 e. The van der Waals surface area contributed by atoms with E-state index in [1.165, 1.54) is 35.2 Å². The molecule has 2 atom stereocenters. The van der Waals surface area contributed by atoms with Crippen LogP contribution in [0.4, 0.5) is 8.78 Å². The molecule has 7 nitrogen and oxygen atoms in total. The maximum atomic E-state index is 14.7. The fourth-order valence-corrected chi connectivity index (χ4v) is 5.23. The van der Waals surface area contributed by atoms with Crippen LogP contribution >= 0.6 is 11.8 Å². The summed E-state index contributed by atoms with van der Waals surface area (Å²) in [5.41, 5.74) is -0.131. The number of aliphatic hydroxyl groups is 1. The molecule has 0 radical (unpaired) electrons. The first kappa shape index (κ1) is 26.7. The molecule has 0 amide bonds. The van der Waals surface area contributed by atoms with Gasteiger partial charge in [0.1, 0.15) is 29.9 Å². The Kier molecular flexibility index (Phi) is 8.84. The van der Waals surface area contributed by atoms with Crippen LogP contribution in [0.1, 0.15) is 23.6 Å². The van der Waals surface area contributed by atoms with E-state index >= 15 is 0 Å². The molecule has 10 heteroatoms. The number of aromatic nitrogens is 3. The Bertz CT molecular complexity index is 1270. The Morgan fingerprint density at radius 2 is 1.97 bits per heavy atom. The average molecular weight is 525 g/mol. The summed E-state index contributed by atoms with van der Waals surface area (Å²) < 4.78 is 41.3. The SMILES string of the molecule is C[C@@H](SC1COC(/C=C/C=C/c2ccc(C#N)cc2)OC1)[C@](O)(Cn1cncn1)c1ccc(F)cc1F. The predicted molar refractivity (Wildman–Crippen MR) is 136 cm³/mol. The molecule has 1 aliphatic rings.